The Balaban J connectivity index is 1.84. The van der Waals surface area contributed by atoms with Gasteiger partial charge in [-0.15, -0.1) is 11.3 Å². The van der Waals surface area contributed by atoms with E-state index in [2.05, 4.69) is 10.3 Å². The maximum atomic E-state index is 11.7. The molecule has 0 aliphatic rings. The number of carbonyl (C=O) groups is 1. The Hall–Kier alpha value is -2.14. The molecule has 0 spiro atoms. The number of thiazole rings is 1. The van der Waals surface area contributed by atoms with Crippen molar-refractivity contribution in [3.63, 3.8) is 0 Å². The third kappa shape index (κ3) is 4.20. The van der Waals surface area contributed by atoms with Crippen molar-refractivity contribution in [1.29, 1.82) is 0 Å². The minimum absolute atomic E-state index is 0.0204. The smallest absolute Gasteiger partial charge is 0.228 e. The van der Waals surface area contributed by atoms with Gasteiger partial charge in [-0.05, 0) is 30.3 Å². The summed E-state index contributed by atoms with van der Waals surface area (Å²) in [5, 5.41) is 5.21. The van der Waals surface area contributed by atoms with E-state index in [0.29, 0.717) is 10.8 Å². The lowest BCUT2D eigenvalue weighted by atomic mass is 10.1. The Bertz CT molecular complexity index is 562. The summed E-state index contributed by atoms with van der Waals surface area (Å²) in [7, 11) is 1.87. The molecule has 20 heavy (non-hydrogen) atoms. The summed E-state index contributed by atoms with van der Waals surface area (Å²) in [6.45, 7) is 0.0204. The minimum Gasteiger partial charge on any atom is -0.485 e. The number of nitrogens with one attached hydrogen (secondary N) is 1. The summed E-state index contributed by atoms with van der Waals surface area (Å²) in [4.78, 5) is 15.7. The zero-order chi connectivity index (χ0) is 14.2. The Morgan fingerprint density at radius 3 is 2.85 bits per heavy atom. The van der Waals surface area contributed by atoms with E-state index in [1.807, 2.05) is 43.6 Å². The molecule has 2 rings (SSSR count). The van der Waals surface area contributed by atoms with Gasteiger partial charge in [0.25, 0.3) is 0 Å². The van der Waals surface area contributed by atoms with Gasteiger partial charge in [-0.1, -0.05) is 18.2 Å². The van der Waals surface area contributed by atoms with Crippen LogP contribution in [0.25, 0.3) is 0 Å². The first kappa shape index (κ1) is 14.3. The van der Waals surface area contributed by atoms with Gasteiger partial charge in [0, 0.05) is 18.6 Å². The standard InChI is InChI=1S/C15H16N2O2S/c1-16-8-2-3-12-4-6-13(7-5-12)19-11-14(18)15-17-9-10-20-15/h2,4-10,16H,3,11H2,1H3/b8-2-. The lowest BCUT2D eigenvalue weighted by Gasteiger charge is -2.05. The van der Waals surface area contributed by atoms with E-state index in [1.165, 1.54) is 16.9 Å². The maximum Gasteiger partial charge on any atom is 0.228 e. The average molecular weight is 288 g/mol. The first-order valence-corrected chi connectivity index (χ1v) is 7.14. The molecule has 0 saturated carbocycles. The molecule has 0 aliphatic carbocycles. The number of ether oxygens (including phenoxy) is 1. The first-order chi connectivity index (χ1) is 9.79. The Morgan fingerprint density at radius 1 is 1.40 bits per heavy atom. The van der Waals surface area contributed by atoms with Gasteiger partial charge in [-0.2, -0.15) is 0 Å². The van der Waals surface area contributed by atoms with Crippen LogP contribution in [0.4, 0.5) is 0 Å². The summed E-state index contributed by atoms with van der Waals surface area (Å²) in [6.07, 6.45) is 6.42. The van der Waals surface area contributed by atoms with Crippen LogP contribution in [0.5, 0.6) is 5.75 Å². The van der Waals surface area contributed by atoms with Crippen molar-refractivity contribution in [2.75, 3.05) is 13.7 Å². The fraction of sp³-hybridized carbons (Fsp3) is 0.200. The molecule has 1 aromatic heterocycles. The number of carbonyl (C=O) groups excluding carboxylic acids is 1. The molecule has 0 fully saturated rings. The summed E-state index contributed by atoms with van der Waals surface area (Å²) >= 11 is 1.33. The van der Waals surface area contributed by atoms with Crippen LogP contribution in [0.3, 0.4) is 0 Å². The zero-order valence-corrected chi connectivity index (χ0v) is 12.0. The predicted molar refractivity (Wildman–Crippen MR) is 80.3 cm³/mol. The topological polar surface area (TPSA) is 51.2 Å². The van der Waals surface area contributed by atoms with Crippen molar-refractivity contribution in [3.8, 4) is 5.75 Å². The van der Waals surface area contributed by atoms with Gasteiger partial charge in [0.1, 0.15) is 5.75 Å². The molecule has 1 N–H and O–H groups in total. The van der Waals surface area contributed by atoms with E-state index in [0.717, 1.165) is 6.42 Å². The molecule has 0 unspecified atom stereocenters. The molecule has 4 nitrogen and oxygen atoms in total. The van der Waals surface area contributed by atoms with E-state index in [1.54, 1.807) is 11.6 Å². The number of hydrogen-bond donors (Lipinski definition) is 1. The predicted octanol–water partition coefficient (Wildman–Crippen LogP) is 2.68. The van der Waals surface area contributed by atoms with Crippen LogP contribution in [-0.2, 0) is 6.42 Å². The summed E-state index contributed by atoms with van der Waals surface area (Å²) in [5.41, 5.74) is 1.19. The number of benzene rings is 1. The Labute approximate surface area is 122 Å². The number of aromatic nitrogens is 1. The lowest BCUT2D eigenvalue weighted by molar-refractivity contribution is 0.0921. The molecule has 104 valence electrons. The summed E-state index contributed by atoms with van der Waals surface area (Å²) in [6, 6.07) is 7.72. The SMILES string of the molecule is CN/C=C\Cc1ccc(OCC(=O)c2nccs2)cc1. The molecular formula is C15H16N2O2S. The normalized spacial score (nSPS) is 10.7. The second kappa shape index (κ2) is 7.45. The van der Waals surface area contributed by atoms with Crippen molar-refractivity contribution >= 4 is 17.1 Å². The number of rotatable bonds is 7. The van der Waals surface area contributed by atoms with Gasteiger partial charge in [0.2, 0.25) is 5.78 Å². The summed E-state index contributed by atoms with van der Waals surface area (Å²) in [5.74, 6) is 0.595. The third-order valence-electron chi connectivity index (χ3n) is 2.60. The van der Waals surface area contributed by atoms with E-state index >= 15 is 0 Å². The molecular weight excluding hydrogens is 272 g/mol. The van der Waals surface area contributed by atoms with E-state index in [-0.39, 0.29) is 12.4 Å². The van der Waals surface area contributed by atoms with Crippen LogP contribution >= 0.6 is 11.3 Å². The van der Waals surface area contributed by atoms with Crippen LogP contribution in [-0.4, -0.2) is 24.4 Å². The van der Waals surface area contributed by atoms with Crippen molar-refractivity contribution in [2.24, 2.45) is 0 Å². The maximum absolute atomic E-state index is 11.7. The lowest BCUT2D eigenvalue weighted by Crippen LogP contribution is -2.11. The Morgan fingerprint density at radius 2 is 2.20 bits per heavy atom. The molecule has 0 radical (unpaired) electrons. The van der Waals surface area contributed by atoms with Gasteiger partial charge in [0.05, 0.1) is 0 Å². The number of ketones is 1. The van der Waals surface area contributed by atoms with Gasteiger partial charge < -0.3 is 10.1 Å². The van der Waals surface area contributed by atoms with Gasteiger partial charge in [0.15, 0.2) is 11.6 Å². The second-order valence-electron chi connectivity index (χ2n) is 4.09. The summed E-state index contributed by atoms with van der Waals surface area (Å²) < 4.78 is 5.46. The number of hydrogen-bond acceptors (Lipinski definition) is 5. The number of Topliss-reactive ketones (excluding diaryl/α,β-unsaturated/α-hetero) is 1. The van der Waals surface area contributed by atoms with Gasteiger partial charge >= 0.3 is 0 Å². The average Bonchev–Trinajstić information content (AvgIpc) is 3.01. The zero-order valence-electron chi connectivity index (χ0n) is 11.2. The van der Waals surface area contributed by atoms with Crippen LogP contribution in [0.15, 0.2) is 48.1 Å². The van der Waals surface area contributed by atoms with E-state index in [9.17, 15) is 4.79 Å². The highest BCUT2D eigenvalue weighted by molar-refractivity contribution is 7.11. The van der Waals surface area contributed by atoms with Crippen molar-refractivity contribution in [1.82, 2.24) is 10.3 Å². The fourth-order valence-corrected chi connectivity index (χ4v) is 2.17. The van der Waals surface area contributed by atoms with Crippen LogP contribution < -0.4 is 10.1 Å². The molecule has 0 saturated heterocycles. The molecule has 1 heterocycles. The largest absolute Gasteiger partial charge is 0.485 e. The van der Waals surface area contributed by atoms with E-state index < -0.39 is 0 Å². The fourth-order valence-electron chi connectivity index (χ4n) is 1.61. The highest BCUT2D eigenvalue weighted by Gasteiger charge is 2.09. The highest BCUT2D eigenvalue weighted by atomic mass is 32.1. The van der Waals surface area contributed by atoms with Crippen LogP contribution in [0.1, 0.15) is 15.4 Å². The third-order valence-corrected chi connectivity index (χ3v) is 3.42. The Kier molecular flexibility index (Phi) is 5.32. The molecule has 0 atom stereocenters. The second-order valence-corrected chi connectivity index (χ2v) is 4.98. The van der Waals surface area contributed by atoms with Crippen molar-refractivity contribution < 1.29 is 9.53 Å². The first-order valence-electron chi connectivity index (χ1n) is 6.26. The minimum atomic E-state index is -0.0963. The van der Waals surface area contributed by atoms with Gasteiger partial charge in [-0.3, -0.25) is 4.79 Å². The highest BCUT2D eigenvalue weighted by Crippen LogP contribution is 2.14. The van der Waals surface area contributed by atoms with Crippen LogP contribution in [0, 0.1) is 0 Å². The monoisotopic (exact) mass is 288 g/mol. The number of allylic oxidation sites excluding steroid dienone is 1. The van der Waals surface area contributed by atoms with Crippen LogP contribution in [0.2, 0.25) is 0 Å². The quantitative estimate of drug-likeness (QED) is 0.796. The molecule has 0 amide bonds. The van der Waals surface area contributed by atoms with Crippen molar-refractivity contribution in [2.45, 2.75) is 6.42 Å². The van der Waals surface area contributed by atoms with Gasteiger partial charge in [-0.25, -0.2) is 4.98 Å². The molecule has 5 heteroatoms. The molecule has 0 bridgehead atoms. The molecule has 0 aliphatic heterocycles. The number of nitrogens with zero attached hydrogens (tertiary/aromatic N) is 1. The van der Waals surface area contributed by atoms with E-state index in [4.69, 9.17) is 4.74 Å². The van der Waals surface area contributed by atoms with Crippen molar-refractivity contribution in [3.05, 3.63) is 58.7 Å². The molecule has 2 aromatic rings. The molecule has 1 aromatic carbocycles.